The van der Waals surface area contributed by atoms with E-state index in [0.717, 1.165) is 10.8 Å². The highest BCUT2D eigenvalue weighted by Gasteiger charge is 2.45. The summed E-state index contributed by atoms with van der Waals surface area (Å²) >= 11 is 1.26. The lowest BCUT2D eigenvalue weighted by molar-refractivity contribution is -0.174. The zero-order valence-corrected chi connectivity index (χ0v) is 15.2. The molecule has 11 heteroatoms. The van der Waals surface area contributed by atoms with Crippen molar-refractivity contribution in [3.63, 3.8) is 0 Å². The minimum atomic E-state index is -5.08. The Hall–Kier alpha value is -2.69. The molecule has 1 amide bonds. The molecule has 0 aliphatic carbocycles. The summed E-state index contributed by atoms with van der Waals surface area (Å²) in [6.45, 7) is 2.12. The first-order chi connectivity index (χ1) is 12.5. The molecule has 0 saturated heterocycles. The molecule has 7 nitrogen and oxygen atoms in total. The molecule has 0 bridgehead atoms. The summed E-state index contributed by atoms with van der Waals surface area (Å²) in [6, 6.07) is 1.62. The van der Waals surface area contributed by atoms with Gasteiger partial charge in [0.15, 0.2) is 5.82 Å². The fourth-order valence-electron chi connectivity index (χ4n) is 2.33. The van der Waals surface area contributed by atoms with Crippen LogP contribution < -0.4 is 16.6 Å². The van der Waals surface area contributed by atoms with Crippen LogP contribution >= 0.6 is 11.3 Å². The van der Waals surface area contributed by atoms with Crippen molar-refractivity contribution in [1.29, 1.82) is 0 Å². The number of hydrogen-bond acceptors (Lipinski definition) is 6. The number of nitrogens with one attached hydrogen (secondary N) is 1. The van der Waals surface area contributed by atoms with E-state index in [1.165, 1.54) is 25.2 Å². The maximum absolute atomic E-state index is 12.7. The van der Waals surface area contributed by atoms with Gasteiger partial charge in [0.25, 0.3) is 11.3 Å². The molecule has 0 spiro atoms. The zero-order chi connectivity index (χ0) is 20.4. The molecule has 2 heterocycles. The highest BCUT2D eigenvalue weighted by atomic mass is 32.1. The largest absolute Gasteiger partial charge is 0.452 e. The molecule has 2 aromatic heterocycles. The second-order valence-electron chi connectivity index (χ2n) is 6.06. The van der Waals surface area contributed by atoms with E-state index in [9.17, 15) is 27.6 Å². The lowest BCUT2D eigenvalue weighted by Gasteiger charge is -2.22. The lowest BCUT2D eigenvalue weighted by atomic mass is 9.99. The van der Waals surface area contributed by atoms with E-state index in [1.54, 1.807) is 17.5 Å². The Morgan fingerprint density at radius 3 is 2.56 bits per heavy atom. The number of nitrogens with two attached hydrogens (primary N) is 1. The van der Waals surface area contributed by atoms with E-state index in [2.05, 4.69) is 10.3 Å². The number of nitrogen functional groups attached to an aromatic ring is 1. The van der Waals surface area contributed by atoms with Gasteiger partial charge in [-0.05, 0) is 17.4 Å². The Morgan fingerprint density at radius 1 is 1.37 bits per heavy atom. The van der Waals surface area contributed by atoms with Crippen molar-refractivity contribution in [3.8, 4) is 10.7 Å². The summed E-state index contributed by atoms with van der Waals surface area (Å²) in [5, 5.41) is 3.79. The summed E-state index contributed by atoms with van der Waals surface area (Å²) in [6.07, 6.45) is -3.93. The smallest absolute Gasteiger partial charge is 0.393 e. The van der Waals surface area contributed by atoms with Gasteiger partial charge >= 0.3 is 6.18 Å². The van der Waals surface area contributed by atoms with Crippen LogP contribution in [0.2, 0.25) is 0 Å². The van der Waals surface area contributed by atoms with Gasteiger partial charge in [0.05, 0.1) is 17.1 Å². The molecular weight excluding hydrogens is 385 g/mol. The monoisotopic (exact) mass is 402 g/mol. The van der Waals surface area contributed by atoms with E-state index in [4.69, 9.17) is 5.73 Å². The SMILES string of the molecule is CC(C)C(NC(=O)Cn1c(-c2cccs2)ncc(N)c1=O)C(=O)C(F)(F)F. The number of rotatable bonds is 6. The predicted octanol–water partition coefficient (Wildman–Crippen LogP) is 1.83. The third-order valence-corrected chi connectivity index (χ3v) is 4.53. The van der Waals surface area contributed by atoms with E-state index >= 15 is 0 Å². The predicted molar refractivity (Wildman–Crippen MR) is 94.1 cm³/mol. The second-order valence-corrected chi connectivity index (χ2v) is 7.00. The maximum Gasteiger partial charge on any atom is 0.452 e. The van der Waals surface area contributed by atoms with Gasteiger partial charge < -0.3 is 11.1 Å². The third kappa shape index (κ3) is 4.73. The van der Waals surface area contributed by atoms with Crippen LogP contribution in [0.5, 0.6) is 0 Å². The van der Waals surface area contributed by atoms with Crippen molar-refractivity contribution in [1.82, 2.24) is 14.9 Å². The van der Waals surface area contributed by atoms with Gasteiger partial charge in [-0.3, -0.25) is 19.0 Å². The normalized spacial score (nSPS) is 12.8. The summed E-state index contributed by atoms with van der Waals surface area (Å²) in [5.74, 6) is -3.63. The summed E-state index contributed by atoms with van der Waals surface area (Å²) < 4.78 is 39.1. The Morgan fingerprint density at radius 2 is 2.04 bits per heavy atom. The molecule has 0 radical (unpaired) electrons. The highest BCUT2D eigenvalue weighted by molar-refractivity contribution is 7.13. The van der Waals surface area contributed by atoms with Gasteiger partial charge in [-0.15, -0.1) is 11.3 Å². The fraction of sp³-hybridized carbons (Fsp3) is 0.375. The van der Waals surface area contributed by atoms with E-state index in [1.807, 2.05) is 0 Å². The Balaban J connectivity index is 2.31. The Bertz CT molecular complexity index is 891. The third-order valence-electron chi connectivity index (χ3n) is 3.66. The average molecular weight is 402 g/mol. The standard InChI is InChI=1S/C16H17F3N4O3S/c1-8(2)12(13(25)16(17,18)19)22-11(24)7-23-14(10-4-3-5-27-10)21-6-9(20)15(23)26/h3-6,8,12H,7,20H2,1-2H3,(H,22,24). The molecule has 2 rings (SSSR count). The number of Topliss-reactive ketones (excluding diaryl/α,β-unsaturated/α-hetero) is 1. The van der Waals surface area contributed by atoms with Gasteiger partial charge in [-0.2, -0.15) is 13.2 Å². The number of nitrogens with zero attached hydrogens (tertiary/aromatic N) is 2. The Labute approximate surface area is 156 Å². The van der Waals surface area contributed by atoms with Crippen LogP contribution in [0.15, 0.2) is 28.5 Å². The molecule has 2 aromatic rings. The van der Waals surface area contributed by atoms with Crippen molar-refractivity contribution in [2.24, 2.45) is 5.92 Å². The van der Waals surface area contributed by atoms with Crippen molar-refractivity contribution >= 4 is 28.7 Å². The number of anilines is 1. The summed E-state index contributed by atoms with van der Waals surface area (Å²) in [4.78, 5) is 40.7. The van der Waals surface area contributed by atoms with Gasteiger partial charge in [-0.25, -0.2) is 4.98 Å². The number of aromatic nitrogens is 2. The first-order valence-corrected chi connectivity index (χ1v) is 8.70. The lowest BCUT2D eigenvalue weighted by Crippen LogP contribution is -2.51. The van der Waals surface area contributed by atoms with Crippen LogP contribution in [-0.4, -0.2) is 33.5 Å². The molecule has 0 aromatic carbocycles. The molecule has 0 aliphatic heterocycles. The zero-order valence-electron chi connectivity index (χ0n) is 14.4. The Kier molecular flexibility index (Phi) is 6.04. The van der Waals surface area contributed by atoms with Crippen molar-refractivity contribution < 1.29 is 22.8 Å². The number of alkyl halides is 3. The number of hydrogen-bond donors (Lipinski definition) is 2. The minimum Gasteiger partial charge on any atom is -0.393 e. The van der Waals surface area contributed by atoms with E-state index < -0.39 is 41.9 Å². The molecule has 1 atom stereocenters. The quantitative estimate of drug-likeness (QED) is 0.767. The van der Waals surface area contributed by atoms with Crippen LogP contribution in [0.4, 0.5) is 18.9 Å². The van der Waals surface area contributed by atoms with Gasteiger partial charge in [0.1, 0.15) is 12.2 Å². The number of thiophene rings is 1. The summed E-state index contributed by atoms with van der Waals surface area (Å²) in [5.41, 5.74) is 4.63. The van der Waals surface area contributed by atoms with Gasteiger partial charge in [0, 0.05) is 0 Å². The average Bonchev–Trinajstić information content (AvgIpc) is 3.09. The molecule has 0 aliphatic rings. The van der Waals surface area contributed by atoms with Crippen LogP contribution in [-0.2, 0) is 16.1 Å². The fourth-order valence-corrected chi connectivity index (χ4v) is 3.06. The molecule has 146 valence electrons. The molecule has 0 saturated carbocycles. The minimum absolute atomic E-state index is 0.155. The van der Waals surface area contributed by atoms with Crippen molar-refractivity contribution in [2.45, 2.75) is 32.6 Å². The second kappa shape index (κ2) is 7.91. The van der Waals surface area contributed by atoms with Gasteiger partial charge in [-0.1, -0.05) is 19.9 Å². The number of carbonyl (C=O) groups is 2. The first kappa shape index (κ1) is 20.6. The number of carbonyl (C=O) groups excluding carboxylic acids is 2. The van der Waals surface area contributed by atoms with Gasteiger partial charge in [0.2, 0.25) is 5.91 Å². The van der Waals surface area contributed by atoms with Crippen molar-refractivity contribution in [2.75, 3.05) is 5.73 Å². The molecule has 3 N–H and O–H groups in total. The van der Waals surface area contributed by atoms with Crippen LogP contribution in [0, 0.1) is 5.92 Å². The molecule has 0 fully saturated rings. The van der Waals surface area contributed by atoms with Crippen molar-refractivity contribution in [3.05, 3.63) is 34.1 Å². The molecule has 27 heavy (non-hydrogen) atoms. The topological polar surface area (TPSA) is 107 Å². The maximum atomic E-state index is 12.7. The number of ketones is 1. The molecule has 1 unspecified atom stereocenters. The molecular formula is C16H17F3N4O3S. The van der Waals surface area contributed by atoms with E-state index in [0.29, 0.717) is 4.88 Å². The summed E-state index contributed by atoms with van der Waals surface area (Å²) in [7, 11) is 0. The van der Waals surface area contributed by atoms with Crippen LogP contribution in [0.25, 0.3) is 10.7 Å². The van der Waals surface area contributed by atoms with Crippen LogP contribution in [0.1, 0.15) is 13.8 Å². The van der Waals surface area contributed by atoms with Crippen LogP contribution in [0.3, 0.4) is 0 Å². The number of halogens is 3. The highest BCUT2D eigenvalue weighted by Crippen LogP contribution is 2.23. The number of amides is 1. The van der Waals surface area contributed by atoms with E-state index in [-0.39, 0.29) is 11.5 Å². The first-order valence-electron chi connectivity index (χ1n) is 7.82.